The van der Waals surface area contributed by atoms with E-state index in [2.05, 4.69) is 0 Å². The second kappa shape index (κ2) is 4.05. The summed E-state index contributed by atoms with van der Waals surface area (Å²) in [6.07, 6.45) is -0.962. The van der Waals surface area contributed by atoms with Crippen molar-refractivity contribution in [3.63, 3.8) is 0 Å². The molecule has 0 atom stereocenters. The average Bonchev–Trinajstić information content (AvgIpc) is 2.02. The van der Waals surface area contributed by atoms with Gasteiger partial charge in [0, 0.05) is 0 Å². The lowest BCUT2D eigenvalue weighted by molar-refractivity contribution is -0.137. The minimum absolute atomic E-state index is 0.270. The number of hydrogen-bond donors (Lipinski definition) is 0. The van der Waals surface area contributed by atoms with E-state index in [9.17, 15) is 13.2 Å². The van der Waals surface area contributed by atoms with Gasteiger partial charge in [-0.2, -0.15) is 13.2 Å². The summed E-state index contributed by atoms with van der Waals surface area (Å²) in [7, 11) is 0. The Morgan fingerprint density at radius 1 is 1.29 bits per heavy atom. The zero-order valence-corrected chi connectivity index (χ0v) is 8.15. The molecule has 0 aliphatic rings. The number of halogens is 4. The average molecular weight is 221 g/mol. The summed E-state index contributed by atoms with van der Waals surface area (Å²) in [4.78, 5) is 0. The third-order valence-corrected chi connectivity index (χ3v) is 1.97. The van der Waals surface area contributed by atoms with Crippen LogP contribution in [0.1, 0.15) is 18.1 Å². The van der Waals surface area contributed by atoms with Gasteiger partial charge in [0.05, 0.1) is 10.6 Å². The van der Waals surface area contributed by atoms with Crippen LogP contribution in [0.4, 0.5) is 13.2 Å². The summed E-state index contributed by atoms with van der Waals surface area (Å²) in [5.74, 6) is 0. The number of rotatable bonds is 1. The molecule has 0 unspecified atom stereocenters. The maximum atomic E-state index is 12.3. The summed E-state index contributed by atoms with van der Waals surface area (Å²) in [6, 6.07) is 3.66. The monoisotopic (exact) mass is 220 g/mol. The van der Waals surface area contributed by atoms with E-state index in [1.165, 1.54) is 12.1 Å². The standard InChI is InChI=1S/C10H8ClF3/c1-2-3-7-4-5-8(9(11)6-7)10(12,13)14/h2-6H,1H3/b3-2+. The minimum Gasteiger partial charge on any atom is -0.166 e. The zero-order chi connectivity index (χ0) is 10.8. The molecule has 0 saturated heterocycles. The quantitative estimate of drug-likeness (QED) is 0.658. The Bertz CT molecular complexity index is 353. The summed E-state index contributed by atoms with van der Waals surface area (Å²) in [5.41, 5.74) is -0.141. The molecule has 0 fully saturated rings. The van der Waals surface area contributed by atoms with Crippen molar-refractivity contribution < 1.29 is 13.2 Å². The summed E-state index contributed by atoms with van der Waals surface area (Å²) < 4.78 is 36.8. The largest absolute Gasteiger partial charge is 0.417 e. The molecule has 76 valence electrons. The van der Waals surface area contributed by atoms with Crippen LogP contribution in [-0.4, -0.2) is 0 Å². The number of benzene rings is 1. The van der Waals surface area contributed by atoms with Crippen LogP contribution in [0.15, 0.2) is 24.3 Å². The van der Waals surface area contributed by atoms with Crippen molar-refractivity contribution in [1.29, 1.82) is 0 Å². The smallest absolute Gasteiger partial charge is 0.166 e. The molecule has 0 N–H and O–H groups in total. The highest BCUT2D eigenvalue weighted by atomic mass is 35.5. The van der Waals surface area contributed by atoms with Gasteiger partial charge in [0.2, 0.25) is 0 Å². The van der Waals surface area contributed by atoms with Crippen molar-refractivity contribution in [2.75, 3.05) is 0 Å². The van der Waals surface area contributed by atoms with Crippen LogP contribution < -0.4 is 0 Å². The molecule has 1 aromatic carbocycles. The van der Waals surface area contributed by atoms with Crippen LogP contribution in [0.25, 0.3) is 6.08 Å². The normalized spacial score (nSPS) is 12.4. The number of allylic oxidation sites excluding steroid dienone is 1. The van der Waals surface area contributed by atoms with Crippen LogP contribution in [0.3, 0.4) is 0 Å². The maximum absolute atomic E-state index is 12.3. The first-order chi connectivity index (χ1) is 6.45. The highest BCUT2D eigenvalue weighted by Crippen LogP contribution is 2.34. The second-order valence-corrected chi connectivity index (χ2v) is 3.14. The Balaban J connectivity index is 3.14. The van der Waals surface area contributed by atoms with E-state index in [1.54, 1.807) is 19.1 Å². The van der Waals surface area contributed by atoms with E-state index in [0.29, 0.717) is 5.56 Å². The van der Waals surface area contributed by atoms with Crippen LogP contribution >= 0.6 is 11.6 Å². The summed E-state index contributed by atoms with van der Waals surface area (Å²) >= 11 is 5.50. The van der Waals surface area contributed by atoms with E-state index >= 15 is 0 Å². The second-order valence-electron chi connectivity index (χ2n) is 2.74. The van der Waals surface area contributed by atoms with Gasteiger partial charge in [-0.15, -0.1) is 0 Å². The molecule has 0 aromatic heterocycles. The summed E-state index contributed by atoms with van der Waals surface area (Å²) in [5, 5.41) is -0.270. The maximum Gasteiger partial charge on any atom is 0.417 e. The fourth-order valence-corrected chi connectivity index (χ4v) is 1.35. The molecule has 14 heavy (non-hydrogen) atoms. The van der Waals surface area contributed by atoms with E-state index in [0.717, 1.165) is 6.07 Å². The topological polar surface area (TPSA) is 0 Å². The molecule has 4 heteroatoms. The van der Waals surface area contributed by atoms with Crippen LogP contribution in [0.5, 0.6) is 0 Å². The van der Waals surface area contributed by atoms with Gasteiger partial charge >= 0.3 is 6.18 Å². The Kier molecular flexibility index (Phi) is 3.21. The minimum atomic E-state index is -4.38. The molecule has 0 radical (unpaired) electrons. The number of hydrogen-bond acceptors (Lipinski definition) is 0. The molecule has 0 aliphatic heterocycles. The Hall–Kier alpha value is -0.960. The van der Waals surface area contributed by atoms with Gasteiger partial charge in [-0.1, -0.05) is 29.8 Å². The predicted molar refractivity (Wildman–Crippen MR) is 51.2 cm³/mol. The Labute approximate surface area is 85.0 Å². The van der Waals surface area contributed by atoms with Crippen molar-refractivity contribution in [3.8, 4) is 0 Å². The molecule has 0 nitrogen and oxygen atoms in total. The molecule has 1 rings (SSSR count). The molecule has 0 bridgehead atoms. The van der Waals surface area contributed by atoms with Crippen molar-refractivity contribution >= 4 is 17.7 Å². The third-order valence-electron chi connectivity index (χ3n) is 1.66. The lowest BCUT2D eigenvalue weighted by atomic mass is 10.1. The molecule has 0 saturated carbocycles. The highest BCUT2D eigenvalue weighted by molar-refractivity contribution is 6.31. The van der Waals surface area contributed by atoms with E-state index in [1.807, 2.05) is 0 Å². The van der Waals surface area contributed by atoms with Crippen molar-refractivity contribution in [2.45, 2.75) is 13.1 Å². The van der Waals surface area contributed by atoms with Crippen molar-refractivity contribution in [2.24, 2.45) is 0 Å². The molecule has 0 aliphatic carbocycles. The molecule has 0 heterocycles. The molecular weight excluding hydrogens is 213 g/mol. The van der Waals surface area contributed by atoms with Crippen LogP contribution in [0, 0.1) is 0 Å². The van der Waals surface area contributed by atoms with Crippen LogP contribution in [-0.2, 0) is 6.18 Å². The molecular formula is C10H8ClF3. The first-order valence-electron chi connectivity index (χ1n) is 3.94. The zero-order valence-electron chi connectivity index (χ0n) is 7.40. The fraction of sp³-hybridized carbons (Fsp3) is 0.200. The van der Waals surface area contributed by atoms with E-state index < -0.39 is 11.7 Å². The van der Waals surface area contributed by atoms with Gasteiger partial charge in [-0.25, -0.2) is 0 Å². The highest BCUT2D eigenvalue weighted by Gasteiger charge is 2.32. The third kappa shape index (κ3) is 2.51. The first-order valence-corrected chi connectivity index (χ1v) is 4.32. The first kappa shape index (κ1) is 11.1. The Morgan fingerprint density at radius 2 is 1.93 bits per heavy atom. The van der Waals surface area contributed by atoms with Gasteiger partial charge in [0.15, 0.2) is 0 Å². The lowest BCUT2D eigenvalue weighted by Crippen LogP contribution is -2.05. The molecule has 1 aromatic rings. The van der Waals surface area contributed by atoms with E-state index in [4.69, 9.17) is 11.6 Å². The van der Waals surface area contributed by atoms with Gasteiger partial charge in [0.1, 0.15) is 0 Å². The molecule has 0 amide bonds. The fourth-order valence-electron chi connectivity index (χ4n) is 1.06. The molecule has 0 spiro atoms. The van der Waals surface area contributed by atoms with Gasteiger partial charge in [-0.05, 0) is 24.6 Å². The Morgan fingerprint density at radius 3 is 2.36 bits per heavy atom. The SMILES string of the molecule is C/C=C/c1ccc(C(F)(F)F)c(Cl)c1. The van der Waals surface area contributed by atoms with Crippen molar-refractivity contribution in [1.82, 2.24) is 0 Å². The summed E-state index contributed by atoms with van der Waals surface area (Å²) in [6.45, 7) is 1.78. The van der Waals surface area contributed by atoms with E-state index in [-0.39, 0.29) is 5.02 Å². The van der Waals surface area contributed by atoms with Crippen LogP contribution in [0.2, 0.25) is 5.02 Å². The van der Waals surface area contributed by atoms with Gasteiger partial charge in [0.25, 0.3) is 0 Å². The lowest BCUT2D eigenvalue weighted by Gasteiger charge is -2.08. The van der Waals surface area contributed by atoms with Gasteiger partial charge < -0.3 is 0 Å². The van der Waals surface area contributed by atoms with Crippen molar-refractivity contribution in [3.05, 3.63) is 40.4 Å². The number of alkyl halides is 3. The van der Waals surface area contributed by atoms with Gasteiger partial charge in [-0.3, -0.25) is 0 Å². The predicted octanol–water partition coefficient (Wildman–Crippen LogP) is 4.39.